The van der Waals surface area contributed by atoms with Crippen molar-refractivity contribution in [2.75, 3.05) is 13.2 Å². The van der Waals surface area contributed by atoms with Gasteiger partial charge in [0.25, 0.3) is 0 Å². The van der Waals surface area contributed by atoms with Gasteiger partial charge in [0.2, 0.25) is 0 Å². The highest BCUT2D eigenvalue weighted by Gasteiger charge is 2.28. The van der Waals surface area contributed by atoms with Crippen LogP contribution in [0.1, 0.15) is 40.9 Å². The summed E-state index contributed by atoms with van der Waals surface area (Å²) >= 11 is 1.83. The van der Waals surface area contributed by atoms with Crippen molar-refractivity contribution in [2.45, 2.75) is 32.7 Å². The predicted octanol–water partition coefficient (Wildman–Crippen LogP) is 3.34. The van der Waals surface area contributed by atoms with Gasteiger partial charge in [0.05, 0.1) is 11.6 Å². The minimum absolute atomic E-state index is 0.303. The minimum Gasteiger partial charge on any atom is -0.492 e. The lowest BCUT2D eigenvalue weighted by atomic mass is 10.0. The van der Waals surface area contributed by atoms with E-state index < -0.39 is 0 Å². The molecule has 2 heterocycles. The molecule has 3 nitrogen and oxygen atoms in total. The van der Waals surface area contributed by atoms with Gasteiger partial charge in [0.15, 0.2) is 0 Å². The molecule has 1 atom stereocenters. The van der Waals surface area contributed by atoms with Crippen molar-refractivity contribution in [3.05, 3.63) is 45.4 Å². The monoisotopic (exact) mass is 288 g/mol. The Labute approximate surface area is 124 Å². The summed E-state index contributed by atoms with van der Waals surface area (Å²) in [6.07, 6.45) is 0.993. The average Bonchev–Trinajstić information content (AvgIpc) is 3.08. The molecular weight excluding hydrogens is 268 g/mol. The van der Waals surface area contributed by atoms with Crippen LogP contribution in [0.4, 0.5) is 0 Å². The Morgan fingerprint density at radius 1 is 1.35 bits per heavy atom. The van der Waals surface area contributed by atoms with Crippen LogP contribution in [0.5, 0.6) is 5.75 Å². The predicted molar refractivity (Wildman–Crippen MR) is 82.7 cm³/mol. The molecule has 0 saturated carbocycles. The average molecular weight is 288 g/mol. The molecule has 0 spiro atoms. The normalized spacial score (nSPS) is 17.0. The Bertz CT molecular complexity index is 594. The lowest BCUT2D eigenvalue weighted by molar-refractivity contribution is 0.343. The van der Waals surface area contributed by atoms with Crippen LogP contribution in [0, 0.1) is 0 Å². The molecule has 4 heteroatoms. The fraction of sp³-hybridized carbons (Fsp3) is 0.438. The van der Waals surface area contributed by atoms with Crippen molar-refractivity contribution in [2.24, 2.45) is 0 Å². The quantitative estimate of drug-likeness (QED) is 0.916. The lowest BCUT2D eigenvalue weighted by Gasteiger charge is -2.03. The Kier molecular flexibility index (Phi) is 4.03. The highest BCUT2D eigenvalue weighted by atomic mass is 32.1. The second-order valence-electron chi connectivity index (χ2n) is 4.96. The number of nitrogens with one attached hydrogen (secondary N) is 1. The molecule has 1 unspecified atom stereocenters. The summed E-state index contributed by atoms with van der Waals surface area (Å²) in [5.41, 5.74) is 2.51. The maximum atomic E-state index is 5.78. The van der Waals surface area contributed by atoms with Gasteiger partial charge >= 0.3 is 0 Å². The Morgan fingerprint density at radius 3 is 3.00 bits per heavy atom. The van der Waals surface area contributed by atoms with Crippen molar-refractivity contribution in [3.63, 3.8) is 0 Å². The number of ether oxygens (including phenoxy) is 1. The number of benzene rings is 1. The second kappa shape index (κ2) is 5.94. The Hall–Kier alpha value is -1.39. The highest BCUT2D eigenvalue weighted by molar-refractivity contribution is 7.11. The van der Waals surface area contributed by atoms with E-state index in [4.69, 9.17) is 9.72 Å². The molecule has 3 rings (SSSR count). The van der Waals surface area contributed by atoms with Gasteiger partial charge in [-0.25, -0.2) is 4.98 Å². The number of hydrogen-bond acceptors (Lipinski definition) is 4. The molecule has 1 aromatic carbocycles. The van der Waals surface area contributed by atoms with E-state index in [2.05, 4.69) is 31.3 Å². The summed E-state index contributed by atoms with van der Waals surface area (Å²) in [5, 5.41) is 4.60. The summed E-state index contributed by atoms with van der Waals surface area (Å²) in [4.78, 5) is 6.23. The third-order valence-electron chi connectivity index (χ3n) is 3.66. The van der Waals surface area contributed by atoms with Crippen molar-refractivity contribution in [1.29, 1.82) is 0 Å². The van der Waals surface area contributed by atoms with Gasteiger partial charge in [-0.1, -0.05) is 32.0 Å². The first-order valence-corrected chi connectivity index (χ1v) is 8.06. The topological polar surface area (TPSA) is 34.1 Å². The lowest BCUT2D eigenvalue weighted by Crippen LogP contribution is -2.11. The van der Waals surface area contributed by atoms with E-state index in [0.29, 0.717) is 5.92 Å². The van der Waals surface area contributed by atoms with Crippen LogP contribution in [0.15, 0.2) is 24.3 Å². The third-order valence-corrected chi connectivity index (χ3v) is 4.87. The van der Waals surface area contributed by atoms with Crippen molar-refractivity contribution in [1.82, 2.24) is 10.3 Å². The van der Waals surface area contributed by atoms with Gasteiger partial charge in [-0.3, -0.25) is 0 Å². The molecule has 2 aromatic rings. The first-order chi connectivity index (χ1) is 9.83. The number of rotatable bonds is 5. The number of para-hydroxylation sites is 1. The van der Waals surface area contributed by atoms with E-state index in [1.54, 1.807) is 0 Å². The number of fused-ring (bicyclic) bond motifs is 1. The molecule has 0 amide bonds. The number of aryl methyl sites for hydroxylation is 1. The number of aromatic nitrogens is 1. The van der Waals surface area contributed by atoms with E-state index in [0.717, 1.165) is 31.9 Å². The molecule has 0 radical (unpaired) electrons. The zero-order valence-corrected chi connectivity index (χ0v) is 12.8. The molecule has 106 valence electrons. The molecule has 1 aliphatic rings. The van der Waals surface area contributed by atoms with Crippen molar-refractivity contribution in [3.8, 4) is 5.75 Å². The number of thiazole rings is 1. The van der Waals surface area contributed by atoms with E-state index >= 15 is 0 Å². The molecule has 1 aliphatic heterocycles. The fourth-order valence-electron chi connectivity index (χ4n) is 2.57. The standard InChI is InChI=1S/C16H20N2OS/c1-3-13-15(9-17-4-2)20-16(18-13)12-10-19-14-8-6-5-7-11(12)14/h5-8,12,17H,3-4,9-10H2,1-2H3. The fourth-order valence-corrected chi connectivity index (χ4v) is 3.80. The van der Waals surface area contributed by atoms with E-state index in [1.807, 2.05) is 23.5 Å². The zero-order valence-electron chi connectivity index (χ0n) is 12.0. The maximum Gasteiger partial charge on any atom is 0.123 e. The third kappa shape index (κ3) is 2.45. The van der Waals surface area contributed by atoms with Gasteiger partial charge < -0.3 is 10.1 Å². The highest BCUT2D eigenvalue weighted by Crippen LogP contribution is 2.39. The second-order valence-corrected chi connectivity index (χ2v) is 6.07. The molecule has 1 N–H and O–H groups in total. The summed E-state index contributed by atoms with van der Waals surface area (Å²) < 4.78 is 5.78. The molecule has 0 aliphatic carbocycles. The molecule has 1 aromatic heterocycles. The van der Waals surface area contributed by atoms with E-state index in [-0.39, 0.29) is 0 Å². The first-order valence-electron chi connectivity index (χ1n) is 7.24. The summed E-state index contributed by atoms with van der Waals surface area (Å²) in [6, 6.07) is 8.30. The van der Waals surface area contributed by atoms with E-state index in [1.165, 1.54) is 21.1 Å². The van der Waals surface area contributed by atoms with Gasteiger partial charge in [-0.2, -0.15) is 0 Å². The summed E-state index contributed by atoms with van der Waals surface area (Å²) in [5.74, 6) is 1.32. The molecule has 0 saturated heterocycles. The van der Waals surface area contributed by atoms with Crippen LogP contribution in [-0.2, 0) is 13.0 Å². The minimum atomic E-state index is 0.303. The molecule has 0 fully saturated rings. The maximum absolute atomic E-state index is 5.78. The van der Waals surface area contributed by atoms with Gasteiger partial charge in [0, 0.05) is 17.0 Å². The largest absolute Gasteiger partial charge is 0.492 e. The van der Waals surface area contributed by atoms with Crippen LogP contribution >= 0.6 is 11.3 Å². The van der Waals surface area contributed by atoms with Crippen LogP contribution in [0.25, 0.3) is 0 Å². The van der Waals surface area contributed by atoms with Crippen molar-refractivity contribution < 1.29 is 4.74 Å². The molecular formula is C16H20N2OS. The van der Waals surface area contributed by atoms with Crippen LogP contribution < -0.4 is 10.1 Å². The summed E-state index contributed by atoms with van der Waals surface area (Å²) in [6.45, 7) is 6.94. The smallest absolute Gasteiger partial charge is 0.123 e. The summed E-state index contributed by atoms with van der Waals surface area (Å²) in [7, 11) is 0. The first kappa shape index (κ1) is 13.6. The number of nitrogens with zero attached hydrogens (tertiary/aromatic N) is 1. The van der Waals surface area contributed by atoms with Gasteiger partial charge in [0.1, 0.15) is 17.4 Å². The van der Waals surface area contributed by atoms with Gasteiger partial charge in [-0.15, -0.1) is 11.3 Å². The van der Waals surface area contributed by atoms with Crippen molar-refractivity contribution >= 4 is 11.3 Å². The molecule has 20 heavy (non-hydrogen) atoms. The van der Waals surface area contributed by atoms with Crippen LogP contribution in [0.2, 0.25) is 0 Å². The SMILES string of the molecule is CCNCc1sc(C2COc3ccccc32)nc1CC. The zero-order chi connectivity index (χ0) is 13.9. The van der Waals surface area contributed by atoms with E-state index in [9.17, 15) is 0 Å². The Balaban J connectivity index is 1.90. The molecule has 0 bridgehead atoms. The van der Waals surface area contributed by atoms with Crippen LogP contribution in [0.3, 0.4) is 0 Å². The van der Waals surface area contributed by atoms with Gasteiger partial charge in [-0.05, 0) is 19.0 Å². The Morgan fingerprint density at radius 2 is 2.20 bits per heavy atom. The van der Waals surface area contributed by atoms with Crippen LogP contribution in [-0.4, -0.2) is 18.1 Å². The number of hydrogen-bond donors (Lipinski definition) is 1.